The molecule has 1 saturated heterocycles. The number of pyridine rings is 1. The van der Waals surface area contributed by atoms with Crippen LogP contribution < -0.4 is 11.1 Å². The molecule has 3 amide bonds. The smallest absolute Gasteiger partial charge is 0.325 e. The van der Waals surface area contributed by atoms with Crippen LogP contribution >= 0.6 is 12.2 Å². The molecule has 0 radical (unpaired) electrons. The number of hydrogen-bond acceptors (Lipinski definition) is 4. The van der Waals surface area contributed by atoms with Crippen molar-refractivity contribution in [3.63, 3.8) is 0 Å². The highest BCUT2D eigenvalue weighted by Gasteiger charge is 2.52. The Morgan fingerprint density at radius 3 is 2.81 bits per heavy atom. The first-order valence-corrected chi connectivity index (χ1v) is 7.32. The number of urea groups is 1. The van der Waals surface area contributed by atoms with Crippen molar-refractivity contribution in [2.45, 2.75) is 37.8 Å². The molecule has 2 fully saturated rings. The van der Waals surface area contributed by atoms with Gasteiger partial charge in [-0.05, 0) is 18.9 Å². The van der Waals surface area contributed by atoms with Gasteiger partial charge in [-0.1, -0.05) is 31.1 Å². The lowest BCUT2D eigenvalue weighted by atomic mass is 9.98. The van der Waals surface area contributed by atoms with Crippen LogP contribution in [0.5, 0.6) is 0 Å². The number of nitrogens with one attached hydrogen (secondary N) is 1. The van der Waals surface area contributed by atoms with Gasteiger partial charge in [0.2, 0.25) is 0 Å². The second-order valence-electron chi connectivity index (χ2n) is 5.49. The average molecular weight is 304 g/mol. The van der Waals surface area contributed by atoms with E-state index in [9.17, 15) is 9.59 Å². The summed E-state index contributed by atoms with van der Waals surface area (Å²) in [4.78, 5) is 30.2. The van der Waals surface area contributed by atoms with Gasteiger partial charge < -0.3 is 11.1 Å². The zero-order valence-corrected chi connectivity index (χ0v) is 12.3. The number of nitrogens with zero attached hydrogens (tertiary/aromatic N) is 2. The Hall–Kier alpha value is -2.02. The number of nitrogens with two attached hydrogens (primary N) is 1. The molecule has 2 aliphatic rings. The van der Waals surface area contributed by atoms with Crippen LogP contribution in [0.25, 0.3) is 0 Å². The van der Waals surface area contributed by atoms with Gasteiger partial charge in [0.15, 0.2) is 0 Å². The fourth-order valence-corrected chi connectivity index (χ4v) is 3.28. The number of carbonyl (C=O) groups excluding carboxylic acids is 2. The molecule has 21 heavy (non-hydrogen) atoms. The lowest BCUT2D eigenvalue weighted by Gasteiger charge is -2.20. The topological polar surface area (TPSA) is 88.3 Å². The Morgan fingerprint density at radius 1 is 1.43 bits per heavy atom. The van der Waals surface area contributed by atoms with Gasteiger partial charge in [-0.2, -0.15) is 0 Å². The van der Waals surface area contributed by atoms with Crippen LogP contribution in [0.15, 0.2) is 18.3 Å². The summed E-state index contributed by atoms with van der Waals surface area (Å²) >= 11 is 4.96. The van der Waals surface area contributed by atoms with Gasteiger partial charge in [0.25, 0.3) is 5.91 Å². The molecule has 0 aromatic carbocycles. The van der Waals surface area contributed by atoms with Crippen molar-refractivity contribution in [1.82, 2.24) is 15.2 Å². The molecule has 1 aromatic heterocycles. The Morgan fingerprint density at radius 2 is 2.14 bits per heavy atom. The molecule has 110 valence electrons. The third-order valence-corrected chi connectivity index (χ3v) is 4.35. The maximum atomic E-state index is 12.6. The normalized spacial score (nSPS) is 20.1. The molecule has 3 N–H and O–H groups in total. The van der Waals surface area contributed by atoms with Crippen LogP contribution in [-0.4, -0.2) is 32.3 Å². The van der Waals surface area contributed by atoms with Gasteiger partial charge in [0.1, 0.15) is 16.2 Å². The largest absolute Gasteiger partial charge is 0.388 e. The Kier molecular flexibility index (Phi) is 3.36. The summed E-state index contributed by atoms with van der Waals surface area (Å²) in [6, 6.07) is 3.17. The van der Waals surface area contributed by atoms with Crippen LogP contribution in [0, 0.1) is 0 Å². The van der Waals surface area contributed by atoms with Gasteiger partial charge in [-0.15, -0.1) is 0 Å². The zero-order valence-electron chi connectivity index (χ0n) is 11.5. The van der Waals surface area contributed by atoms with E-state index in [4.69, 9.17) is 18.0 Å². The van der Waals surface area contributed by atoms with Gasteiger partial charge in [-0.3, -0.25) is 14.7 Å². The van der Waals surface area contributed by atoms with E-state index in [1.54, 1.807) is 18.3 Å². The third-order valence-electron chi connectivity index (χ3n) is 4.16. The molecule has 1 aromatic rings. The number of hydrogen-bond donors (Lipinski definition) is 2. The fourth-order valence-electron chi connectivity index (χ4n) is 3.10. The number of aromatic nitrogens is 1. The van der Waals surface area contributed by atoms with Crippen molar-refractivity contribution in [3.8, 4) is 0 Å². The molecule has 2 heterocycles. The molecule has 1 aliphatic heterocycles. The molecule has 1 aliphatic carbocycles. The predicted octanol–water partition coefficient (Wildman–Crippen LogP) is 1.08. The molecular weight excluding hydrogens is 288 g/mol. The van der Waals surface area contributed by atoms with E-state index in [0.29, 0.717) is 24.1 Å². The number of imide groups is 1. The molecule has 3 rings (SSSR count). The SMILES string of the molecule is NC(=S)c1ncccc1CN1C(=O)NC2(CCCC2)C1=O. The summed E-state index contributed by atoms with van der Waals surface area (Å²) in [5, 5.41) is 2.85. The molecule has 6 nitrogen and oxygen atoms in total. The summed E-state index contributed by atoms with van der Waals surface area (Å²) in [7, 11) is 0. The van der Waals surface area contributed by atoms with Gasteiger partial charge in [-0.25, -0.2) is 4.79 Å². The highest BCUT2D eigenvalue weighted by atomic mass is 32.1. The minimum Gasteiger partial charge on any atom is -0.388 e. The Balaban J connectivity index is 1.87. The summed E-state index contributed by atoms with van der Waals surface area (Å²) in [5.74, 6) is -0.150. The molecule has 1 spiro atoms. The maximum absolute atomic E-state index is 12.6. The minimum absolute atomic E-state index is 0.146. The Bertz CT molecular complexity index is 625. The number of rotatable bonds is 3. The minimum atomic E-state index is -0.692. The van der Waals surface area contributed by atoms with Crippen molar-refractivity contribution < 1.29 is 9.59 Å². The van der Waals surface area contributed by atoms with Crippen molar-refractivity contribution >= 4 is 29.1 Å². The monoisotopic (exact) mass is 304 g/mol. The zero-order chi connectivity index (χ0) is 15.0. The lowest BCUT2D eigenvalue weighted by molar-refractivity contribution is -0.131. The maximum Gasteiger partial charge on any atom is 0.325 e. The van der Waals surface area contributed by atoms with Gasteiger partial charge in [0.05, 0.1) is 6.54 Å². The summed E-state index contributed by atoms with van der Waals surface area (Å²) in [5.41, 5.74) is 6.09. The molecule has 0 atom stereocenters. The van der Waals surface area contributed by atoms with E-state index < -0.39 is 5.54 Å². The summed E-state index contributed by atoms with van der Waals surface area (Å²) < 4.78 is 0. The van der Waals surface area contributed by atoms with Crippen molar-refractivity contribution in [2.75, 3.05) is 0 Å². The summed E-state index contributed by atoms with van der Waals surface area (Å²) in [6.45, 7) is 0.146. The van der Waals surface area contributed by atoms with Crippen molar-refractivity contribution in [1.29, 1.82) is 0 Å². The van der Waals surface area contributed by atoms with E-state index in [0.717, 1.165) is 12.8 Å². The first-order valence-electron chi connectivity index (χ1n) is 6.91. The first-order chi connectivity index (χ1) is 10.0. The van der Waals surface area contributed by atoms with Gasteiger partial charge in [0, 0.05) is 11.8 Å². The van der Waals surface area contributed by atoms with Crippen LogP contribution in [-0.2, 0) is 11.3 Å². The second-order valence-corrected chi connectivity index (χ2v) is 5.93. The number of thiocarbonyl (C=S) groups is 1. The van der Waals surface area contributed by atoms with E-state index >= 15 is 0 Å². The molecule has 0 unspecified atom stereocenters. The third kappa shape index (κ3) is 2.27. The first kappa shape index (κ1) is 13.9. The summed E-state index contributed by atoms with van der Waals surface area (Å²) in [6.07, 6.45) is 4.94. The average Bonchev–Trinajstić information content (AvgIpc) is 3.01. The standard InChI is InChI=1S/C14H16N4O2S/c15-11(21)10-9(4-3-7-16-10)8-18-12(19)14(17-13(18)20)5-1-2-6-14/h3-4,7H,1-2,5-6,8H2,(H2,15,21)(H,17,20). The Labute approximate surface area is 127 Å². The molecule has 1 saturated carbocycles. The quantitative estimate of drug-likeness (QED) is 0.644. The fraction of sp³-hybridized carbons (Fsp3) is 0.429. The van der Waals surface area contributed by atoms with E-state index in [1.807, 2.05) is 0 Å². The van der Waals surface area contributed by atoms with Crippen LogP contribution in [0.2, 0.25) is 0 Å². The molecule has 0 bridgehead atoms. The molecular formula is C14H16N4O2S. The second kappa shape index (κ2) is 5.07. The van der Waals surface area contributed by atoms with Crippen LogP contribution in [0.3, 0.4) is 0 Å². The molecule has 7 heteroatoms. The van der Waals surface area contributed by atoms with Crippen LogP contribution in [0.4, 0.5) is 4.79 Å². The number of amides is 3. The van der Waals surface area contributed by atoms with Crippen molar-refractivity contribution in [2.24, 2.45) is 5.73 Å². The predicted molar refractivity (Wildman–Crippen MR) is 80.4 cm³/mol. The van der Waals surface area contributed by atoms with Crippen LogP contribution in [0.1, 0.15) is 36.9 Å². The highest BCUT2D eigenvalue weighted by Crippen LogP contribution is 2.35. The van der Waals surface area contributed by atoms with Crippen molar-refractivity contribution in [3.05, 3.63) is 29.6 Å². The highest BCUT2D eigenvalue weighted by molar-refractivity contribution is 7.80. The van der Waals surface area contributed by atoms with E-state index in [-0.39, 0.29) is 23.5 Å². The van der Waals surface area contributed by atoms with E-state index in [1.165, 1.54) is 4.90 Å². The van der Waals surface area contributed by atoms with E-state index in [2.05, 4.69) is 10.3 Å². The number of carbonyl (C=O) groups is 2. The van der Waals surface area contributed by atoms with Gasteiger partial charge >= 0.3 is 6.03 Å². The lowest BCUT2D eigenvalue weighted by Crippen LogP contribution is -2.44.